The molecule has 0 radical (unpaired) electrons. The number of benzene rings is 2. The number of fused-ring (bicyclic) bond motifs is 7. The first-order chi connectivity index (χ1) is 20.4. The van der Waals surface area contributed by atoms with E-state index in [2.05, 4.69) is 109 Å². The van der Waals surface area contributed by atoms with Gasteiger partial charge in [-0.25, -0.2) is 0 Å². The standard InChI is InChI=1S/C36H44N4O2/c1-7-20-38(21-8-2)22-23-40-35(41)31-14-12-13-15-32(31)36(40)27-16-17-29(39(10-4)11-5)25-30(24-27)42-34-26-28(37(6)9-3)18-19-33(34)36/h7-8,12-19,25-26H,1-2,9-11,20-24H2,3-6H3. The lowest BCUT2D eigenvalue weighted by atomic mass is 9.75. The van der Waals surface area contributed by atoms with Gasteiger partial charge in [-0.1, -0.05) is 42.5 Å². The van der Waals surface area contributed by atoms with Crippen LogP contribution in [0.15, 0.2) is 103 Å². The minimum atomic E-state index is -0.800. The molecular weight excluding hydrogens is 520 g/mol. The highest BCUT2D eigenvalue weighted by Crippen LogP contribution is 2.56. The fourth-order valence-corrected chi connectivity index (χ4v) is 6.62. The molecule has 1 aliphatic carbocycles. The second-order valence-electron chi connectivity index (χ2n) is 11.1. The van der Waals surface area contributed by atoms with Crippen molar-refractivity contribution in [3.63, 3.8) is 0 Å². The molecule has 0 saturated heterocycles. The highest BCUT2D eigenvalue weighted by Gasteiger charge is 2.55. The lowest BCUT2D eigenvalue weighted by Crippen LogP contribution is -2.49. The van der Waals surface area contributed by atoms with Crippen molar-refractivity contribution in [2.24, 2.45) is 0 Å². The summed E-state index contributed by atoms with van der Waals surface area (Å²) in [6.07, 6.45) is 11.1. The van der Waals surface area contributed by atoms with E-state index >= 15 is 0 Å². The van der Waals surface area contributed by atoms with Gasteiger partial charge in [0.1, 0.15) is 17.0 Å². The van der Waals surface area contributed by atoms with Crippen molar-refractivity contribution in [3.8, 4) is 5.75 Å². The second kappa shape index (κ2) is 12.5. The van der Waals surface area contributed by atoms with Gasteiger partial charge >= 0.3 is 0 Å². The summed E-state index contributed by atoms with van der Waals surface area (Å²) < 4.78 is 6.85. The molecule has 2 aliphatic heterocycles. The predicted octanol–water partition coefficient (Wildman–Crippen LogP) is 6.35. The summed E-state index contributed by atoms with van der Waals surface area (Å²) in [7, 11) is 2.09. The van der Waals surface area contributed by atoms with Crippen LogP contribution in [0, 0.1) is 0 Å². The quantitative estimate of drug-likeness (QED) is 0.281. The molecule has 5 rings (SSSR count). The first-order valence-corrected chi connectivity index (χ1v) is 15.2. The molecule has 1 amide bonds. The third-order valence-corrected chi connectivity index (χ3v) is 8.85. The van der Waals surface area contributed by atoms with Gasteiger partial charge in [-0.05, 0) is 50.1 Å². The van der Waals surface area contributed by atoms with Crippen molar-refractivity contribution < 1.29 is 9.53 Å². The van der Waals surface area contributed by atoms with Crippen molar-refractivity contribution in [3.05, 3.63) is 120 Å². The van der Waals surface area contributed by atoms with E-state index in [1.807, 2.05) is 24.3 Å². The van der Waals surface area contributed by atoms with Gasteiger partial charge in [0.15, 0.2) is 0 Å². The van der Waals surface area contributed by atoms with E-state index in [0.29, 0.717) is 19.5 Å². The number of carbonyl (C=O) groups is 1. The van der Waals surface area contributed by atoms with E-state index in [1.165, 1.54) is 0 Å². The van der Waals surface area contributed by atoms with Crippen LogP contribution in [0.2, 0.25) is 0 Å². The van der Waals surface area contributed by atoms with Crippen LogP contribution < -0.4 is 9.64 Å². The maximum absolute atomic E-state index is 14.4. The zero-order valence-electron chi connectivity index (χ0n) is 25.6. The molecule has 220 valence electrons. The molecule has 0 aromatic heterocycles. The van der Waals surface area contributed by atoms with E-state index < -0.39 is 5.54 Å². The van der Waals surface area contributed by atoms with Gasteiger partial charge < -0.3 is 19.4 Å². The minimum Gasteiger partial charge on any atom is -0.461 e. The van der Waals surface area contributed by atoms with Gasteiger partial charge in [-0.2, -0.15) is 0 Å². The lowest BCUT2D eigenvalue weighted by Gasteiger charge is -2.42. The van der Waals surface area contributed by atoms with Gasteiger partial charge in [0.2, 0.25) is 0 Å². The van der Waals surface area contributed by atoms with Gasteiger partial charge in [0, 0.05) is 93.9 Å². The van der Waals surface area contributed by atoms with Gasteiger partial charge in [0.25, 0.3) is 5.91 Å². The van der Waals surface area contributed by atoms with Gasteiger partial charge in [-0.3, -0.25) is 9.69 Å². The highest BCUT2D eigenvalue weighted by atomic mass is 16.5. The number of hydrogen-bond donors (Lipinski definition) is 0. The Balaban J connectivity index is 1.77. The third kappa shape index (κ3) is 4.98. The average molecular weight is 565 g/mol. The van der Waals surface area contributed by atoms with Gasteiger partial charge in [-0.15, -0.1) is 13.2 Å². The number of nitrogens with zero attached hydrogens (tertiary/aromatic N) is 4. The molecule has 42 heavy (non-hydrogen) atoms. The Kier molecular flexibility index (Phi) is 8.74. The Labute approximate surface area is 251 Å². The van der Waals surface area contributed by atoms with Gasteiger partial charge in [0.05, 0.1) is 0 Å². The van der Waals surface area contributed by atoms with Crippen LogP contribution in [0.1, 0.15) is 48.7 Å². The topological polar surface area (TPSA) is 39.3 Å². The van der Waals surface area contributed by atoms with E-state index in [1.54, 1.807) is 0 Å². The molecule has 2 bridgehead atoms. The summed E-state index contributed by atoms with van der Waals surface area (Å²) in [6.45, 7) is 19.8. The summed E-state index contributed by atoms with van der Waals surface area (Å²) in [4.78, 5) is 23.3. The number of carbonyl (C=O) groups excluding carboxylic acids is 1. The number of allylic oxidation sites excluding steroid dienone is 4. The molecule has 3 aliphatic rings. The average Bonchev–Trinajstić information content (AvgIpc) is 3.12. The van der Waals surface area contributed by atoms with Crippen LogP contribution in [-0.2, 0) is 5.54 Å². The fraction of sp³-hybridized carbons (Fsp3) is 0.361. The van der Waals surface area contributed by atoms with Crippen LogP contribution in [0.25, 0.3) is 0 Å². The smallest absolute Gasteiger partial charge is 0.255 e. The first-order valence-electron chi connectivity index (χ1n) is 15.2. The van der Waals surface area contributed by atoms with Crippen LogP contribution in [-0.4, -0.2) is 73.5 Å². The monoisotopic (exact) mass is 564 g/mol. The van der Waals surface area contributed by atoms with Crippen LogP contribution >= 0.6 is 0 Å². The van der Waals surface area contributed by atoms with E-state index in [4.69, 9.17) is 4.74 Å². The van der Waals surface area contributed by atoms with E-state index in [0.717, 1.165) is 77.9 Å². The normalized spacial score (nSPS) is 18.7. The molecule has 1 atom stereocenters. The number of ether oxygens (including phenoxy) is 1. The third-order valence-electron chi connectivity index (χ3n) is 8.85. The lowest BCUT2D eigenvalue weighted by molar-refractivity contribution is 0.0648. The molecule has 2 aromatic carbocycles. The molecule has 0 fully saturated rings. The molecule has 2 heterocycles. The highest BCUT2D eigenvalue weighted by molar-refractivity contribution is 6.02. The minimum absolute atomic E-state index is 0.0500. The molecule has 6 nitrogen and oxygen atoms in total. The Morgan fingerprint density at radius 2 is 1.71 bits per heavy atom. The summed E-state index contributed by atoms with van der Waals surface area (Å²) in [6, 6.07) is 14.6. The molecule has 6 heteroatoms. The second-order valence-corrected chi connectivity index (χ2v) is 11.1. The largest absolute Gasteiger partial charge is 0.461 e. The molecule has 0 N–H and O–H groups in total. The molecule has 1 spiro atoms. The Hall–Kier alpha value is -4.03. The maximum atomic E-state index is 14.4. The number of anilines is 1. The summed E-state index contributed by atoms with van der Waals surface area (Å²) in [5.74, 6) is 1.74. The maximum Gasteiger partial charge on any atom is 0.255 e. The molecule has 2 aromatic rings. The zero-order chi connectivity index (χ0) is 29.9. The van der Waals surface area contributed by atoms with Crippen molar-refractivity contribution in [1.29, 1.82) is 0 Å². The van der Waals surface area contributed by atoms with Crippen molar-refractivity contribution in [2.75, 3.05) is 57.8 Å². The molecular formula is C36H44N4O2. The summed E-state index contributed by atoms with van der Waals surface area (Å²) in [5, 5.41) is 0. The summed E-state index contributed by atoms with van der Waals surface area (Å²) in [5.41, 5.74) is 5.32. The number of rotatable bonds is 12. The SMILES string of the molecule is C=CCN(CC=C)CCN1C(=O)c2ccccc2C12C1=CC=C(N(CC)CC)C=C(C1)Oc1cc(N(C)CC)ccc12. The van der Waals surface area contributed by atoms with E-state index in [9.17, 15) is 4.79 Å². The van der Waals surface area contributed by atoms with Crippen LogP contribution in [0.5, 0.6) is 5.75 Å². The van der Waals surface area contributed by atoms with Crippen LogP contribution in [0.4, 0.5) is 5.69 Å². The Morgan fingerprint density at radius 1 is 0.976 bits per heavy atom. The zero-order valence-corrected chi connectivity index (χ0v) is 25.6. The fourth-order valence-electron chi connectivity index (χ4n) is 6.62. The van der Waals surface area contributed by atoms with Crippen molar-refractivity contribution in [1.82, 2.24) is 14.7 Å². The number of hydrogen-bond acceptors (Lipinski definition) is 5. The first kappa shape index (κ1) is 29.5. The Morgan fingerprint density at radius 3 is 2.40 bits per heavy atom. The van der Waals surface area contributed by atoms with E-state index in [-0.39, 0.29) is 5.91 Å². The predicted molar refractivity (Wildman–Crippen MR) is 173 cm³/mol. The Bertz CT molecular complexity index is 1440. The van der Waals surface area contributed by atoms with Crippen molar-refractivity contribution in [2.45, 2.75) is 32.7 Å². The van der Waals surface area contributed by atoms with Crippen molar-refractivity contribution >= 4 is 11.6 Å². The molecule has 1 unspecified atom stereocenters. The van der Waals surface area contributed by atoms with Crippen LogP contribution in [0.3, 0.4) is 0 Å². The number of likely N-dealkylation sites (N-methyl/N-ethyl adjacent to an activating group) is 1. The number of amides is 1. The summed E-state index contributed by atoms with van der Waals surface area (Å²) >= 11 is 0. The molecule has 0 saturated carbocycles.